The zero-order valence-corrected chi connectivity index (χ0v) is 21.5. The molecule has 0 saturated carbocycles. The predicted octanol–water partition coefficient (Wildman–Crippen LogP) is 4.32. The number of anilines is 1. The van der Waals surface area contributed by atoms with Gasteiger partial charge in [0.05, 0.1) is 5.69 Å². The Morgan fingerprint density at radius 1 is 1.11 bits per heavy atom. The maximum absolute atomic E-state index is 13.0. The normalized spacial score (nSPS) is 14.8. The number of carbonyl (C=O) groups excluding carboxylic acids is 3. The van der Waals surface area contributed by atoms with E-state index < -0.39 is 12.1 Å². The molecule has 0 unspecified atom stereocenters. The lowest BCUT2D eigenvalue weighted by Gasteiger charge is -2.22. The molecule has 0 aliphatic carbocycles. The first kappa shape index (κ1) is 26.3. The van der Waals surface area contributed by atoms with Gasteiger partial charge in [0.15, 0.2) is 5.13 Å². The maximum atomic E-state index is 13.0. The minimum Gasteiger partial charge on any atom is -0.445 e. The van der Waals surface area contributed by atoms with E-state index >= 15 is 0 Å². The molecule has 1 aliphatic heterocycles. The monoisotopic (exact) mass is 522 g/mol. The van der Waals surface area contributed by atoms with Crippen LogP contribution < -0.4 is 10.6 Å². The number of benzene rings is 2. The second kappa shape index (κ2) is 13.0. The molecule has 4 rings (SSSR count). The molecule has 1 atom stereocenters. The fourth-order valence-electron chi connectivity index (χ4n) is 4.03. The third-order valence-corrected chi connectivity index (χ3v) is 6.74. The minimum atomic E-state index is -0.600. The van der Waals surface area contributed by atoms with Crippen molar-refractivity contribution >= 4 is 34.4 Å². The van der Waals surface area contributed by atoms with Gasteiger partial charge in [-0.2, -0.15) is 0 Å². The molecule has 2 N–H and O–H groups in total. The number of amides is 3. The van der Waals surface area contributed by atoms with E-state index in [-0.39, 0.29) is 18.4 Å². The van der Waals surface area contributed by atoms with E-state index in [1.54, 1.807) is 19.2 Å². The van der Waals surface area contributed by atoms with Gasteiger partial charge in [-0.3, -0.25) is 14.5 Å². The highest BCUT2D eigenvalue weighted by Gasteiger charge is 2.35. The molecule has 3 amide bonds. The van der Waals surface area contributed by atoms with E-state index in [0.29, 0.717) is 42.5 Å². The van der Waals surface area contributed by atoms with Crippen LogP contribution in [0.1, 0.15) is 35.2 Å². The van der Waals surface area contributed by atoms with Gasteiger partial charge in [-0.1, -0.05) is 42.5 Å². The number of ether oxygens (including phenoxy) is 2. The van der Waals surface area contributed by atoms with Crippen molar-refractivity contribution in [2.45, 2.75) is 31.9 Å². The van der Waals surface area contributed by atoms with Crippen LogP contribution in [-0.2, 0) is 20.9 Å². The second-order valence-electron chi connectivity index (χ2n) is 8.60. The van der Waals surface area contributed by atoms with Crippen molar-refractivity contribution in [2.24, 2.45) is 0 Å². The molecular formula is C27H30N4O5S. The van der Waals surface area contributed by atoms with Crippen LogP contribution >= 0.6 is 11.3 Å². The Bertz CT molecular complexity index is 1200. The molecule has 2 heterocycles. The highest BCUT2D eigenvalue weighted by molar-refractivity contribution is 7.14. The largest absolute Gasteiger partial charge is 0.445 e. The van der Waals surface area contributed by atoms with Crippen molar-refractivity contribution in [2.75, 3.05) is 32.1 Å². The van der Waals surface area contributed by atoms with Crippen LogP contribution in [0.25, 0.3) is 11.3 Å². The number of methoxy groups -OCH3 is 1. The van der Waals surface area contributed by atoms with Crippen molar-refractivity contribution in [3.05, 3.63) is 71.1 Å². The average Bonchev–Trinajstić information content (AvgIpc) is 3.61. The molecule has 10 heteroatoms. The SMILES string of the molecule is COCCCNC(=O)c1ccc(-c2csc(NC(=O)[C@H]3CCCN3C(=O)OCc3ccccc3)n2)cc1. The quantitative estimate of drug-likeness (QED) is 0.384. The number of aromatic nitrogens is 1. The molecule has 1 aromatic heterocycles. The number of likely N-dealkylation sites (tertiary alicyclic amines) is 1. The number of hydrogen-bond acceptors (Lipinski definition) is 7. The van der Waals surface area contributed by atoms with Crippen molar-refractivity contribution < 1.29 is 23.9 Å². The van der Waals surface area contributed by atoms with Crippen molar-refractivity contribution in [3.63, 3.8) is 0 Å². The summed E-state index contributed by atoms with van der Waals surface area (Å²) in [6.07, 6.45) is 1.55. The van der Waals surface area contributed by atoms with E-state index in [0.717, 1.165) is 24.0 Å². The van der Waals surface area contributed by atoms with Crippen LogP contribution in [0.3, 0.4) is 0 Å². The minimum absolute atomic E-state index is 0.141. The van der Waals surface area contributed by atoms with Crippen molar-refractivity contribution in [1.29, 1.82) is 0 Å². The third-order valence-electron chi connectivity index (χ3n) is 5.98. The summed E-state index contributed by atoms with van der Waals surface area (Å²) >= 11 is 1.31. The van der Waals surface area contributed by atoms with Crippen LogP contribution in [0.5, 0.6) is 0 Å². The summed E-state index contributed by atoms with van der Waals surface area (Å²) < 4.78 is 10.4. The van der Waals surface area contributed by atoms with Gasteiger partial charge in [-0.05, 0) is 37.0 Å². The Balaban J connectivity index is 1.30. The average molecular weight is 523 g/mol. The van der Waals surface area contributed by atoms with Crippen molar-refractivity contribution in [1.82, 2.24) is 15.2 Å². The van der Waals surface area contributed by atoms with E-state index in [4.69, 9.17) is 9.47 Å². The van der Waals surface area contributed by atoms with Gasteiger partial charge in [-0.15, -0.1) is 11.3 Å². The van der Waals surface area contributed by atoms with Crippen LogP contribution in [0.4, 0.5) is 9.93 Å². The lowest BCUT2D eigenvalue weighted by molar-refractivity contribution is -0.120. The lowest BCUT2D eigenvalue weighted by Crippen LogP contribution is -2.43. The first-order valence-electron chi connectivity index (χ1n) is 12.2. The van der Waals surface area contributed by atoms with Gasteiger partial charge in [0, 0.05) is 43.3 Å². The van der Waals surface area contributed by atoms with E-state index in [1.807, 2.05) is 47.8 Å². The first-order chi connectivity index (χ1) is 18.0. The molecule has 1 aliphatic rings. The van der Waals surface area contributed by atoms with Gasteiger partial charge in [0.1, 0.15) is 12.6 Å². The molecule has 0 radical (unpaired) electrons. The Hall–Kier alpha value is -3.76. The van der Waals surface area contributed by atoms with Crippen LogP contribution in [-0.4, -0.2) is 60.6 Å². The van der Waals surface area contributed by atoms with Gasteiger partial charge in [0.2, 0.25) is 5.91 Å². The Kier molecular flexibility index (Phi) is 9.23. The van der Waals surface area contributed by atoms with E-state index in [1.165, 1.54) is 16.2 Å². The van der Waals surface area contributed by atoms with E-state index in [2.05, 4.69) is 15.6 Å². The van der Waals surface area contributed by atoms with Gasteiger partial charge in [-0.25, -0.2) is 9.78 Å². The molecule has 3 aromatic rings. The number of thiazole rings is 1. The van der Waals surface area contributed by atoms with Crippen molar-refractivity contribution in [3.8, 4) is 11.3 Å². The predicted molar refractivity (Wildman–Crippen MR) is 141 cm³/mol. The number of rotatable bonds is 10. The zero-order chi connectivity index (χ0) is 26.0. The summed E-state index contributed by atoms with van der Waals surface area (Å²) in [5.41, 5.74) is 2.98. The molecule has 0 bridgehead atoms. The first-order valence-corrected chi connectivity index (χ1v) is 13.0. The van der Waals surface area contributed by atoms with Crippen LogP contribution in [0.15, 0.2) is 60.0 Å². The van der Waals surface area contributed by atoms with Crippen LogP contribution in [0.2, 0.25) is 0 Å². The van der Waals surface area contributed by atoms with Gasteiger partial charge in [0.25, 0.3) is 5.91 Å². The van der Waals surface area contributed by atoms with Gasteiger partial charge >= 0.3 is 6.09 Å². The Morgan fingerprint density at radius 3 is 2.65 bits per heavy atom. The fraction of sp³-hybridized carbons (Fsp3) is 0.333. The highest BCUT2D eigenvalue weighted by Crippen LogP contribution is 2.27. The standard InChI is InChI=1S/C27H30N4O5S/c1-35-16-6-14-28-24(32)21-12-10-20(11-13-21)22-18-37-26(29-22)30-25(33)23-9-5-15-31(23)27(34)36-17-19-7-3-2-4-8-19/h2-4,7-8,10-13,18,23H,5-6,9,14-17H2,1H3,(H,28,32)(H,29,30,33)/t23-/m1/s1. The Morgan fingerprint density at radius 2 is 1.89 bits per heavy atom. The molecule has 194 valence electrons. The van der Waals surface area contributed by atoms with E-state index in [9.17, 15) is 14.4 Å². The molecule has 9 nitrogen and oxygen atoms in total. The smallest absolute Gasteiger partial charge is 0.410 e. The fourth-order valence-corrected chi connectivity index (χ4v) is 4.75. The molecule has 1 fully saturated rings. The maximum Gasteiger partial charge on any atom is 0.410 e. The number of hydrogen-bond donors (Lipinski definition) is 2. The molecule has 0 spiro atoms. The second-order valence-corrected chi connectivity index (χ2v) is 9.46. The topological polar surface area (TPSA) is 110 Å². The molecule has 2 aromatic carbocycles. The van der Waals surface area contributed by atoms with Crippen LogP contribution in [0, 0.1) is 0 Å². The number of nitrogens with one attached hydrogen (secondary N) is 2. The number of nitrogens with zero attached hydrogens (tertiary/aromatic N) is 2. The Labute approximate surface area is 219 Å². The summed E-state index contributed by atoms with van der Waals surface area (Å²) in [7, 11) is 1.63. The lowest BCUT2D eigenvalue weighted by atomic mass is 10.1. The zero-order valence-electron chi connectivity index (χ0n) is 20.6. The highest BCUT2D eigenvalue weighted by atomic mass is 32.1. The summed E-state index contributed by atoms with van der Waals surface area (Å²) in [6, 6.07) is 16.0. The summed E-state index contributed by atoms with van der Waals surface area (Å²) in [5.74, 6) is -0.423. The summed E-state index contributed by atoms with van der Waals surface area (Å²) in [6.45, 7) is 1.78. The molecular weight excluding hydrogens is 492 g/mol. The summed E-state index contributed by atoms with van der Waals surface area (Å²) in [4.78, 5) is 43.8. The summed E-state index contributed by atoms with van der Waals surface area (Å²) in [5, 5.41) is 7.99. The van der Waals surface area contributed by atoms with Gasteiger partial charge < -0.3 is 20.1 Å². The molecule has 37 heavy (non-hydrogen) atoms. The molecule has 1 saturated heterocycles. The number of carbonyl (C=O) groups is 3. The third kappa shape index (κ3) is 7.14.